The van der Waals surface area contributed by atoms with Crippen LogP contribution < -0.4 is 0 Å². The molecule has 5 heteroatoms. The molecule has 0 bridgehead atoms. The number of nitrogens with one attached hydrogen (secondary N) is 1. The fourth-order valence-corrected chi connectivity index (χ4v) is 3.66. The zero-order valence-electron chi connectivity index (χ0n) is 14.1. The van der Waals surface area contributed by atoms with Gasteiger partial charge in [-0.1, -0.05) is 6.58 Å². The van der Waals surface area contributed by atoms with Crippen LogP contribution in [0.1, 0.15) is 35.7 Å². The monoisotopic (exact) mass is 321 g/mol. The van der Waals surface area contributed by atoms with Gasteiger partial charge in [0.1, 0.15) is 5.65 Å². The Bertz CT molecular complexity index is 827. The number of aryl methyl sites for hydroxylation is 1. The molecule has 4 rings (SSSR count). The van der Waals surface area contributed by atoms with Gasteiger partial charge in [-0.2, -0.15) is 5.10 Å². The first-order valence-electron chi connectivity index (χ1n) is 8.56. The minimum Gasteiger partial charge on any atom is -0.343 e. The number of piperidine rings is 1. The molecule has 0 spiro atoms. The summed E-state index contributed by atoms with van der Waals surface area (Å²) in [7, 11) is 0. The molecule has 3 aromatic heterocycles. The third-order valence-electron chi connectivity index (χ3n) is 4.96. The summed E-state index contributed by atoms with van der Waals surface area (Å²) in [4.78, 5) is 10.5. The number of likely N-dealkylation sites (tertiary alicyclic amines) is 1. The van der Waals surface area contributed by atoms with Crippen molar-refractivity contribution in [1.82, 2.24) is 24.6 Å². The predicted octanol–water partition coefficient (Wildman–Crippen LogP) is 3.55. The van der Waals surface area contributed by atoms with Crippen molar-refractivity contribution < 1.29 is 0 Å². The zero-order chi connectivity index (χ0) is 16.5. The number of hydrogen-bond acceptors (Lipinski definition) is 3. The van der Waals surface area contributed by atoms with Crippen LogP contribution >= 0.6 is 0 Å². The highest BCUT2D eigenvalue weighted by Crippen LogP contribution is 2.29. The Morgan fingerprint density at radius 3 is 3.17 bits per heavy atom. The van der Waals surface area contributed by atoms with E-state index in [1.54, 1.807) is 10.9 Å². The van der Waals surface area contributed by atoms with Gasteiger partial charge in [0.05, 0.1) is 5.69 Å². The zero-order valence-corrected chi connectivity index (χ0v) is 14.1. The first-order chi connectivity index (χ1) is 11.7. The van der Waals surface area contributed by atoms with Crippen LogP contribution in [-0.2, 0) is 6.54 Å². The number of rotatable bonds is 4. The lowest BCUT2D eigenvalue weighted by atomic mass is 9.94. The van der Waals surface area contributed by atoms with Gasteiger partial charge in [-0.15, -0.1) is 0 Å². The van der Waals surface area contributed by atoms with Crippen molar-refractivity contribution in [1.29, 1.82) is 0 Å². The summed E-state index contributed by atoms with van der Waals surface area (Å²) < 4.78 is 1.80. The topological polar surface area (TPSA) is 49.7 Å². The molecular weight excluding hydrogens is 298 g/mol. The molecular formula is C19H23N5. The summed E-state index contributed by atoms with van der Waals surface area (Å²) in [5, 5.41) is 5.66. The second-order valence-corrected chi connectivity index (χ2v) is 6.64. The minimum absolute atomic E-state index is 0.544. The van der Waals surface area contributed by atoms with Gasteiger partial charge in [0.15, 0.2) is 0 Å². The summed E-state index contributed by atoms with van der Waals surface area (Å²) >= 11 is 0. The molecule has 4 heterocycles. The average molecular weight is 321 g/mol. The molecule has 3 aromatic rings. The van der Waals surface area contributed by atoms with Crippen molar-refractivity contribution >= 4 is 17.2 Å². The third kappa shape index (κ3) is 2.87. The van der Waals surface area contributed by atoms with Crippen LogP contribution in [0, 0.1) is 6.92 Å². The molecule has 0 saturated carbocycles. The van der Waals surface area contributed by atoms with Gasteiger partial charge in [-0.3, -0.25) is 4.90 Å². The molecule has 1 fully saturated rings. The lowest BCUT2D eigenvalue weighted by Crippen LogP contribution is -2.34. The molecule has 1 N–H and O–H groups in total. The van der Waals surface area contributed by atoms with Crippen LogP contribution in [0.4, 0.5) is 0 Å². The van der Waals surface area contributed by atoms with E-state index in [9.17, 15) is 0 Å². The maximum atomic E-state index is 4.46. The Balaban J connectivity index is 1.50. The van der Waals surface area contributed by atoms with E-state index >= 15 is 0 Å². The smallest absolute Gasteiger partial charge is 0.137 e. The molecule has 0 radical (unpaired) electrons. The fraction of sp³-hybridized carbons (Fsp3) is 0.368. The summed E-state index contributed by atoms with van der Waals surface area (Å²) in [5.74, 6) is 0.544. The molecule has 1 aliphatic heterocycles. The predicted molar refractivity (Wildman–Crippen MR) is 96.7 cm³/mol. The highest BCUT2D eigenvalue weighted by atomic mass is 15.3. The van der Waals surface area contributed by atoms with E-state index < -0.39 is 0 Å². The van der Waals surface area contributed by atoms with Gasteiger partial charge < -0.3 is 4.98 Å². The van der Waals surface area contributed by atoms with Crippen LogP contribution in [0.5, 0.6) is 0 Å². The van der Waals surface area contributed by atoms with Gasteiger partial charge in [-0.05, 0) is 44.5 Å². The van der Waals surface area contributed by atoms with Crippen molar-refractivity contribution in [2.45, 2.75) is 32.2 Å². The standard InChI is InChI=1S/C19H23N5/c1-3-24-13-17(14(2)22-24)12-23-9-5-7-16(11-23)18-10-15-6-4-8-20-19(15)21-18/h3-4,6,8,10,13,16H,1,5,7,9,11-12H2,2H3,(H,20,21). The second-order valence-electron chi connectivity index (χ2n) is 6.64. The molecule has 5 nitrogen and oxygen atoms in total. The first kappa shape index (κ1) is 15.1. The van der Waals surface area contributed by atoms with Gasteiger partial charge in [-0.25, -0.2) is 9.67 Å². The largest absolute Gasteiger partial charge is 0.343 e. The van der Waals surface area contributed by atoms with E-state index in [1.165, 1.54) is 29.5 Å². The third-order valence-corrected chi connectivity index (χ3v) is 4.96. The van der Waals surface area contributed by atoms with Crippen molar-refractivity contribution in [3.05, 3.63) is 54.1 Å². The van der Waals surface area contributed by atoms with E-state index in [2.05, 4.69) is 51.8 Å². The van der Waals surface area contributed by atoms with Crippen LogP contribution in [-0.4, -0.2) is 37.7 Å². The number of H-pyrrole nitrogens is 1. The van der Waals surface area contributed by atoms with E-state index in [1.807, 2.05) is 12.3 Å². The Morgan fingerprint density at radius 1 is 1.46 bits per heavy atom. The Hall–Kier alpha value is -2.40. The highest BCUT2D eigenvalue weighted by molar-refractivity contribution is 5.76. The van der Waals surface area contributed by atoms with Crippen molar-refractivity contribution in [2.75, 3.05) is 13.1 Å². The minimum atomic E-state index is 0.544. The van der Waals surface area contributed by atoms with Crippen LogP contribution in [0.15, 0.2) is 37.2 Å². The Morgan fingerprint density at radius 2 is 2.38 bits per heavy atom. The van der Waals surface area contributed by atoms with Crippen LogP contribution in [0.25, 0.3) is 17.2 Å². The maximum absolute atomic E-state index is 4.46. The average Bonchev–Trinajstić information content (AvgIpc) is 3.19. The van der Waals surface area contributed by atoms with E-state index in [-0.39, 0.29) is 0 Å². The summed E-state index contributed by atoms with van der Waals surface area (Å²) in [6.45, 7) is 9.03. The SMILES string of the molecule is C=Cn1cc(CN2CCCC(c3cc4cccnc4[nH]3)C2)c(C)n1. The molecule has 0 aromatic carbocycles. The molecule has 0 amide bonds. The number of pyridine rings is 1. The molecule has 124 valence electrons. The summed E-state index contributed by atoms with van der Waals surface area (Å²) in [6.07, 6.45) is 8.12. The van der Waals surface area contributed by atoms with Crippen LogP contribution in [0.3, 0.4) is 0 Å². The lowest BCUT2D eigenvalue weighted by Gasteiger charge is -2.32. The van der Waals surface area contributed by atoms with Gasteiger partial charge in [0.2, 0.25) is 0 Å². The molecule has 1 saturated heterocycles. The number of nitrogens with zero attached hydrogens (tertiary/aromatic N) is 4. The highest BCUT2D eigenvalue weighted by Gasteiger charge is 2.23. The van der Waals surface area contributed by atoms with Gasteiger partial charge in [0, 0.05) is 54.2 Å². The molecule has 24 heavy (non-hydrogen) atoms. The summed E-state index contributed by atoms with van der Waals surface area (Å²) in [5.41, 5.74) is 4.68. The molecule has 0 aliphatic carbocycles. The maximum Gasteiger partial charge on any atom is 0.137 e. The van der Waals surface area contributed by atoms with Gasteiger partial charge >= 0.3 is 0 Å². The van der Waals surface area contributed by atoms with Gasteiger partial charge in [0.25, 0.3) is 0 Å². The van der Waals surface area contributed by atoms with Crippen molar-refractivity contribution in [3.63, 3.8) is 0 Å². The fourth-order valence-electron chi connectivity index (χ4n) is 3.66. The van der Waals surface area contributed by atoms with Crippen molar-refractivity contribution in [3.8, 4) is 0 Å². The molecule has 1 atom stereocenters. The lowest BCUT2D eigenvalue weighted by molar-refractivity contribution is 0.198. The number of aromatic amines is 1. The van der Waals surface area contributed by atoms with E-state index in [0.29, 0.717) is 5.92 Å². The normalized spacial score (nSPS) is 19.0. The van der Waals surface area contributed by atoms with E-state index in [4.69, 9.17) is 0 Å². The van der Waals surface area contributed by atoms with Crippen molar-refractivity contribution in [2.24, 2.45) is 0 Å². The first-order valence-corrected chi connectivity index (χ1v) is 8.56. The molecule has 1 aliphatic rings. The number of fused-ring (bicyclic) bond motifs is 1. The Kier molecular flexibility index (Phi) is 3.94. The summed E-state index contributed by atoms with van der Waals surface area (Å²) in [6, 6.07) is 6.38. The second kappa shape index (κ2) is 6.24. The quantitative estimate of drug-likeness (QED) is 0.799. The number of aromatic nitrogens is 4. The molecule has 1 unspecified atom stereocenters. The number of hydrogen-bond donors (Lipinski definition) is 1. The Labute approximate surface area is 142 Å². The van der Waals surface area contributed by atoms with Crippen LogP contribution in [0.2, 0.25) is 0 Å². The van der Waals surface area contributed by atoms with E-state index in [0.717, 1.165) is 31.0 Å².